The lowest BCUT2D eigenvalue weighted by Crippen LogP contribution is -2.63. The number of amides is 1. The zero-order valence-corrected chi connectivity index (χ0v) is 20.5. The summed E-state index contributed by atoms with van der Waals surface area (Å²) in [5.41, 5.74) is 0.0465. The number of alkyl halides is 5. The first-order valence-corrected chi connectivity index (χ1v) is 11.2. The third kappa shape index (κ3) is 5.45. The van der Waals surface area contributed by atoms with Gasteiger partial charge in [-0.15, -0.1) is 12.4 Å². The molecule has 0 spiro atoms. The fourth-order valence-electron chi connectivity index (χ4n) is 4.69. The van der Waals surface area contributed by atoms with Crippen molar-refractivity contribution in [2.75, 3.05) is 0 Å². The first kappa shape index (κ1) is 28.1. The van der Waals surface area contributed by atoms with Gasteiger partial charge in [0.1, 0.15) is 12.6 Å². The van der Waals surface area contributed by atoms with Gasteiger partial charge in [-0.25, -0.2) is 8.78 Å². The maximum absolute atomic E-state index is 13.7. The van der Waals surface area contributed by atoms with Crippen LogP contribution >= 0.6 is 24.0 Å². The molecule has 2 aromatic rings. The van der Waals surface area contributed by atoms with Crippen molar-refractivity contribution in [2.45, 2.75) is 68.9 Å². The van der Waals surface area contributed by atoms with Crippen molar-refractivity contribution < 1.29 is 31.9 Å². The van der Waals surface area contributed by atoms with Crippen LogP contribution in [0.25, 0.3) is 11.1 Å². The van der Waals surface area contributed by atoms with E-state index < -0.39 is 48.7 Å². The van der Waals surface area contributed by atoms with Crippen molar-refractivity contribution in [1.29, 1.82) is 5.41 Å². The third-order valence-corrected chi connectivity index (χ3v) is 6.85. The quantitative estimate of drug-likeness (QED) is 0.476. The number of nitrogens with one attached hydrogen (secondary N) is 2. The Bertz CT molecular complexity index is 1140. The molecule has 1 aliphatic heterocycles. The molecule has 1 aromatic carbocycles. The van der Waals surface area contributed by atoms with Crippen LogP contribution < -0.4 is 5.32 Å². The standard InChI is InChI=1S/C22H23ClF5N5O2.ClH/c1-20(8-17(35)33(19(29)31-20)13-5-6-21(24,25)16(34)7-13)15-4-2-3-14(18(15)23)12-9-30-32(10-12)11-22(26,27)28;/h2-4,9-10,13,16,34H,5-8,11H2,1H3,(H2,29,31);1H/t13-,16-,20-;/m0./s1. The molecule has 2 heterocycles. The van der Waals surface area contributed by atoms with Crippen LogP contribution in [0, 0.1) is 5.41 Å². The Labute approximate surface area is 214 Å². The largest absolute Gasteiger partial charge is 0.408 e. The number of rotatable bonds is 4. The summed E-state index contributed by atoms with van der Waals surface area (Å²) in [7, 11) is 0. The van der Waals surface area contributed by atoms with Crippen LogP contribution in [0.4, 0.5) is 22.0 Å². The van der Waals surface area contributed by atoms with Gasteiger partial charge < -0.3 is 10.4 Å². The molecule has 1 aliphatic carbocycles. The summed E-state index contributed by atoms with van der Waals surface area (Å²) in [5, 5.41) is 25.0. The number of nitrogens with zero attached hydrogens (tertiary/aromatic N) is 3. The zero-order chi connectivity index (χ0) is 25.8. The second-order valence-electron chi connectivity index (χ2n) is 9.16. The molecule has 7 nitrogen and oxygen atoms in total. The maximum atomic E-state index is 13.7. The Kier molecular flexibility index (Phi) is 7.65. The van der Waals surface area contributed by atoms with Crippen molar-refractivity contribution >= 4 is 35.9 Å². The van der Waals surface area contributed by atoms with Crippen LogP contribution in [0.1, 0.15) is 38.2 Å². The average molecular weight is 556 g/mol. The summed E-state index contributed by atoms with van der Waals surface area (Å²) in [4.78, 5) is 14.2. The lowest BCUT2D eigenvalue weighted by atomic mass is 9.83. The van der Waals surface area contributed by atoms with Crippen LogP contribution in [0.3, 0.4) is 0 Å². The first-order chi connectivity index (χ1) is 16.2. The highest BCUT2D eigenvalue weighted by atomic mass is 35.5. The minimum Gasteiger partial charge on any atom is -0.387 e. The van der Waals surface area contributed by atoms with Crippen LogP contribution in [-0.2, 0) is 16.9 Å². The van der Waals surface area contributed by atoms with E-state index in [2.05, 4.69) is 10.4 Å². The summed E-state index contributed by atoms with van der Waals surface area (Å²) in [5.74, 6) is -4.02. The topological polar surface area (TPSA) is 94.2 Å². The van der Waals surface area contributed by atoms with Crippen LogP contribution in [0.5, 0.6) is 0 Å². The van der Waals surface area contributed by atoms with E-state index in [1.54, 1.807) is 25.1 Å². The van der Waals surface area contributed by atoms with Crippen molar-refractivity contribution in [2.24, 2.45) is 0 Å². The van der Waals surface area contributed by atoms with Gasteiger partial charge in [0.2, 0.25) is 5.91 Å². The van der Waals surface area contributed by atoms with Gasteiger partial charge in [-0.2, -0.15) is 18.3 Å². The first-order valence-electron chi connectivity index (χ1n) is 10.8. The number of carbonyl (C=O) groups is 1. The number of aromatic nitrogens is 2. The molecule has 14 heteroatoms. The molecule has 1 saturated carbocycles. The van der Waals surface area contributed by atoms with Crippen molar-refractivity contribution in [1.82, 2.24) is 20.0 Å². The fraction of sp³-hybridized carbons (Fsp3) is 0.500. The summed E-state index contributed by atoms with van der Waals surface area (Å²) in [6.45, 7) is 0.394. The Hall–Kier alpha value is -2.44. The molecule has 1 aromatic heterocycles. The Morgan fingerprint density at radius 1 is 1.33 bits per heavy atom. The number of aliphatic hydroxyl groups excluding tert-OH is 1. The molecule has 4 rings (SSSR count). The second-order valence-corrected chi connectivity index (χ2v) is 9.54. The molecule has 198 valence electrons. The second kappa shape index (κ2) is 9.79. The van der Waals surface area contributed by atoms with Crippen molar-refractivity contribution in [3.8, 4) is 11.1 Å². The minimum absolute atomic E-state index is 0. The van der Waals surface area contributed by atoms with E-state index in [1.807, 2.05) is 0 Å². The summed E-state index contributed by atoms with van der Waals surface area (Å²) in [6, 6.07) is 4.13. The van der Waals surface area contributed by atoms with Crippen LogP contribution in [-0.4, -0.2) is 55.9 Å². The van der Waals surface area contributed by atoms with E-state index in [9.17, 15) is 31.9 Å². The predicted molar refractivity (Wildman–Crippen MR) is 124 cm³/mol. The number of aliphatic hydroxyl groups is 1. The van der Waals surface area contributed by atoms with Crippen molar-refractivity contribution in [3.63, 3.8) is 0 Å². The monoisotopic (exact) mass is 555 g/mol. The Morgan fingerprint density at radius 3 is 2.64 bits per heavy atom. The highest BCUT2D eigenvalue weighted by Crippen LogP contribution is 2.41. The van der Waals surface area contributed by atoms with E-state index in [-0.39, 0.29) is 42.7 Å². The minimum atomic E-state index is -4.44. The van der Waals surface area contributed by atoms with Gasteiger partial charge in [0, 0.05) is 36.2 Å². The molecule has 3 N–H and O–H groups in total. The maximum Gasteiger partial charge on any atom is 0.408 e. The summed E-state index contributed by atoms with van der Waals surface area (Å²) in [6.07, 6.45) is -5.03. The number of hydrogen-bond acceptors (Lipinski definition) is 4. The number of benzene rings is 1. The van der Waals surface area contributed by atoms with E-state index in [0.717, 1.165) is 9.58 Å². The lowest BCUT2D eigenvalue weighted by molar-refractivity contribution is -0.152. The normalized spacial score (nSPS) is 26.4. The van der Waals surface area contributed by atoms with Gasteiger partial charge in [-0.1, -0.05) is 29.8 Å². The molecule has 2 aliphatic rings. The van der Waals surface area contributed by atoms with Gasteiger partial charge in [-0.3, -0.25) is 19.8 Å². The van der Waals surface area contributed by atoms with Gasteiger partial charge in [0.05, 0.1) is 23.2 Å². The molecule has 2 fully saturated rings. The smallest absolute Gasteiger partial charge is 0.387 e. The summed E-state index contributed by atoms with van der Waals surface area (Å²) >= 11 is 6.63. The molecule has 3 atom stereocenters. The van der Waals surface area contributed by atoms with E-state index in [4.69, 9.17) is 17.0 Å². The van der Waals surface area contributed by atoms with Crippen LogP contribution in [0.15, 0.2) is 30.6 Å². The number of hydrogen-bond donors (Lipinski definition) is 3. The molecular weight excluding hydrogens is 532 g/mol. The SMILES string of the molecule is C[C@@]1(c2cccc(-c3cnn(CC(F)(F)F)c3)c2Cl)CC(=O)N([C@H]2CCC(F)(F)[C@@H](O)C2)C(=N)N1.Cl. The average Bonchev–Trinajstić information content (AvgIpc) is 3.16. The number of guanidine groups is 1. The predicted octanol–water partition coefficient (Wildman–Crippen LogP) is 4.71. The van der Waals surface area contributed by atoms with Crippen LogP contribution in [0.2, 0.25) is 5.02 Å². The van der Waals surface area contributed by atoms with E-state index in [0.29, 0.717) is 16.7 Å². The van der Waals surface area contributed by atoms with Gasteiger partial charge in [0.25, 0.3) is 5.92 Å². The summed E-state index contributed by atoms with van der Waals surface area (Å²) < 4.78 is 66.2. The molecule has 0 bridgehead atoms. The van der Waals surface area contributed by atoms with E-state index >= 15 is 0 Å². The molecule has 0 unspecified atom stereocenters. The molecule has 1 saturated heterocycles. The van der Waals surface area contributed by atoms with Crippen molar-refractivity contribution in [3.05, 3.63) is 41.2 Å². The molecule has 36 heavy (non-hydrogen) atoms. The number of carbonyl (C=O) groups excluding carboxylic acids is 1. The fourth-order valence-corrected chi connectivity index (χ4v) is 5.13. The van der Waals surface area contributed by atoms with Gasteiger partial charge in [0.15, 0.2) is 5.96 Å². The third-order valence-electron chi connectivity index (χ3n) is 6.45. The Balaban J connectivity index is 0.00000361. The highest BCUT2D eigenvalue weighted by molar-refractivity contribution is 6.34. The lowest BCUT2D eigenvalue weighted by Gasteiger charge is -2.46. The molecule has 0 radical (unpaired) electrons. The van der Waals surface area contributed by atoms with E-state index in [1.165, 1.54) is 12.4 Å². The zero-order valence-electron chi connectivity index (χ0n) is 19.0. The van der Waals surface area contributed by atoms with Gasteiger partial charge >= 0.3 is 6.18 Å². The molecule has 1 amide bonds. The van der Waals surface area contributed by atoms with Gasteiger partial charge in [-0.05, 0) is 18.9 Å². The Morgan fingerprint density at radius 2 is 2.03 bits per heavy atom. The molecular formula is C22H24Cl2F5N5O2. The highest BCUT2D eigenvalue weighted by Gasteiger charge is 2.49. The number of halogens is 7.